The lowest BCUT2D eigenvalue weighted by Crippen LogP contribution is -2.08. The van der Waals surface area contributed by atoms with Crippen molar-refractivity contribution in [3.05, 3.63) is 16.2 Å². The van der Waals surface area contributed by atoms with Gasteiger partial charge in [-0.05, 0) is 0 Å². The summed E-state index contributed by atoms with van der Waals surface area (Å²) in [6, 6.07) is 0. The van der Waals surface area contributed by atoms with Gasteiger partial charge < -0.3 is 15.0 Å². The largest absolute Gasteiger partial charge is 0.373 e. The highest BCUT2D eigenvalue weighted by atomic mass is 16.5. The van der Waals surface area contributed by atoms with Crippen LogP contribution in [0.4, 0.5) is 5.82 Å². The van der Waals surface area contributed by atoms with Crippen LogP contribution in [0.15, 0.2) is 4.79 Å². The van der Waals surface area contributed by atoms with E-state index < -0.39 is 0 Å². The highest BCUT2D eigenvalue weighted by molar-refractivity contribution is 5.39. The number of nitrogens with one attached hydrogen (secondary N) is 3. The van der Waals surface area contributed by atoms with Crippen molar-refractivity contribution >= 4 is 5.82 Å². The van der Waals surface area contributed by atoms with Crippen LogP contribution in [0.25, 0.3) is 0 Å². The minimum atomic E-state index is -0.187. The van der Waals surface area contributed by atoms with Gasteiger partial charge >= 0.3 is 5.69 Å². The molecule has 2 heterocycles. The lowest BCUT2D eigenvalue weighted by atomic mass is 10.5. The fraction of sp³-hybridized carbons (Fsp3) is 0.500. The summed E-state index contributed by atoms with van der Waals surface area (Å²) in [5.74, 6) is 0.757. The monoisotopic (exact) mass is 155 g/mol. The van der Waals surface area contributed by atoms with E-state index in [9.17, 15) is 4.79 Å². The molecule has 5 nitrogen and oxygen atoms in total. The van der Waals surface area contributed by atoms with Crippen molar-refractivity contribution in [1.29, 1.82) is 0 Å². The molecule has 1 aliphatic heterocycles. The molecule has 5 heteroatoms. The maximum atomic E-state index is 10.8. The van der Waals surface area contributed by atoms with Gasteiger partial charge in [0.1, 0.15) is 5.82 Å². The third kappa shape index (κ3) is 1.14. The SMILES string of the molecule is O=c1[nH]c2c([nH]1)NCCOC2. The van der Waals surface area contributed by atoms with Crippen molar-refractivity contribution in [2.24, 2.45) is 0 Å². The highest BCUT2D eigenvalue weighted by Crippen LogP contribution is 2.10. The number of rotatable bonds is 0. The van der Waals surface area contributed by atoms with E-state index in [0.29, 0.717) is 13.2 Å². The summed E-state index contributed by atoms with van der Waals surface area (Å²) in [4.78, 5) is 16.0. The van der Waals surface area contributed by atoms with Crippen molar-refractivity contribution in [2.75, 3.05) is 18.5 Å². The molecule has 0 unspecified atom stereocenters. The number of imidazole rings is 1. The second-order valence-electron chi connectivity index (χ2n) is 2.41. The van der Waals surface area contributed by atoms with Crippen LogP contribution in [0.3, 0.4) is 0 Å². The average molecular weight is 155 g/mol. The lowest BCUT2D eigenvalue weighted by Gasteiger charge is -1.96. The standard InChI is InChI=1S/C6H9N3O2/c10-6-8-4-3-11-2-1-7-5(4)9-6/h7H,1-3H2,(H2,8,9,10). The zero-order valence-electron chi connectivity index (χ0n) is 5.94. The van der Waals surface area contributed by atoms with E-state index in [4.69, 9.17) is 4.74 Å². The van der Waals surface area contributed by atoms with Crippen LogP contribution in [-0.4, -0.2) is 23.1 Å². The van der Waals surface area contributed by atoms with E-state index in [0.717, 1.165) is 18.1 Å². The van der Waals surface area contributed by atoms with Gasteiger partial charge in [-0.3, -0.25) is 4.98 Å². The summed E-state index contributed by atoms with van der Waals surface area (Å²) in [6.07, 6.45) is 0. The molecule has 11 heavy (non-hydrogen) atoms. The topological polar surface area (TPSA) is 69.9 Å². The maximum absolute atomic E-state index is 10.8. The van der Waals surface area contributed by atoms with Gasteiger partial charge in [-0.25, -0.2) is 4.79 Å². The molecule has 0 amide bonds. The fourth-order valence-electron chi connectivity index (χ4n) is 1.10. The number of aromatic amines is 2. The number of aromatic nitrogens is 2. The summed E-state index contributed by atoms with van der Waals surface area (Å²) in [5.41, 5.74) is 0.612. The Kier molecular flexibility index (Phi) is 1.43. The summed E-state index contributed by atoms with van der Waals surface area (Å²) in [6.45, 7) is 1.88. The van der Waals surface area contributed by atoms with E-state index in [1.165, 1.54) is 0 Å². The Morgan fingerprint density at radius 1 is 1.36 bits per heavy atom. The van der Waals surface area contributed by atoms with Gasteiger partial charge in [0.15, 0.2) is 0 Å². The molecular weight excluding hydrogens is 146 g/mol. The molecule has 0 aromatic carbocycles. The lowest BCUT2D eigenvalue weighted by molar-refractivity contribution is 0.132. The molecule has 0 saturated heterocycles. The van der Waals surface area contributed by atoms with Crippen LogP contribution in [0.2, 0.25) is 0 Å². The molecule has 0 saturated carbocycles. The van der Waals surface area contributed by atoms with Crippen molar-refractivity contribution < 1.29 is 4.74 Å². The molecule has 0 spiro atoms. The van der Waals surface area contributed by atoms with Crippen molar-refractivity contribution in [2.45, 2.75) is 6.61 Å². The van der Waals surface area contributed by atoms with Gasteiger partial charge in [-0.1, -0.05) is 0 Å². The first-order valence-corrected chi connectivity index (χ1v) is 3.49. The first-order valence-electron chi connectivity index (χ1n) is 3.49. The van der Waals surface area contributed by atoms with Crippen molar-refractivity contribution in [3.63, 3.8) is 0 Å². The van der Waals surface area contributed by atoms with Gasteiger partial charge in [-0.15, -0.1) is 0 Å². The molecule has 0 radical (unpaired) electrons. The third-order valence-electron chi connectivity index (χ3n) is 1.60. The second-order valence-corrected chi connectivity index (χ2v) is 2.41. The van der Waals surface area contributed by atoms with Crippen LogP contribution in [0.1, 0.15) is 5.69 Å². The summed E-state index contributed by atoms with van der Waals surface area (Å²) in [7, 11) is 0. The summed E-state index contributed by atoms with van der Waals surface area (Å²) in [5, 5.41) is 3.03. The summed E-state index contributed by atoms with van der Waals surface area (Å²) >= 11 is 0. The van der Waals surface area contributed by atoms with Gasteiger partial charge in [0.25, 0.3) is 0 Å². The Labute approximate surface area is 62.8 Å². The predicted octanol–water partition coefficient (Wildman–Crippen LogP) is -0.355. The Bertz CT molecular complexity index is 275. The molecule has 0 fully saturated rings. The number of fused-ring (bicyclic) bond motifs is 1. The van der Waals surface area contributed by atoms with Crippen LogP contribution >= 0.6 is 0 Å². The van der Waals surface area contributed by atoms with E-state index in [1.54, 1.807) is 0 Å². The quantitative estimate of drug-likeness (QED) is 0.479. The van der Waals surface area contributed by atoms with Gasteiger partial charge in [0.05, 0.1) is 18.9 Å². The van der Waals surface area contributed by atoms with E-state index in [1.807, 2.05) is 0 Å². The van der Waals surface area contributed by atoms with E-state index in [-0.39, 0.29) is 5.69 Å². The van der Waals surface area contributed by atoms with Gasteiger partial charge in [-0.2, -0.15) is 0 Å². The predicted molar refractivity (Wildman–Crippen MR) is 39.6 cm³/mol. The Balaban J connectivity index is 2.39. The highest BCUT2D eigenvalue weighted by Gasteiger charge is 2.09. The number of H-pyrrole nitrogens is 2. The molecule has 3 N–H and O–H groups in total. The maximum Gasteiger partial charge on any atom is 0.324 e. The van der Waals surface area contributed by atoms with Gasteiger partial charge in [0, 0.05) is 6.54 Å². The Hall–Kier alpha value is -1.23. The van der Waals surface area contributed by atoms with Gasteiger partial charge in [0.2, 0.25) is 0 Å². The molecule has 60 valence electrons. The molecule has 0 aliphatic carbocycles. The van der Waals surface area contributed by atoms with Crippen LogP contribution < -0.4 is 11.0 Å². The molecule has 2 rings (SSSR count). The van der Waals surface area contributed by atoms with Crippen molar-refractivity contribution in [3.8, 4) is 0 Å². The van der Waals surface area contributed by atoms with E-state index >= 15 is 0 Å². The van der Waals surface area contributed by atoms with Crippen LogP contribution in [0.5, 0.6) is 0 Å². The molecule has 1 aromatic rings. The first kappa shape index (κ1) is 6.48. The number of ether oxygens (including phenoxy) is 1. The first-order chi connectivity index (χ1) is 5.36. The second kappa shape index (κ2) is 2.43. The molecule has 0 atom stereocenters. The average Bonchev–Trinajstić information content (AvgIpc) is 2.17. The van der Waals surface area contributed by atoms with Crippen molar-refractivity contribution in [1.82, 2.24) is 9.97 Å². The van der Waals surface area contributed by atoms with E-state index in [2.05, 4.69) is 15.3 Å². The molecular formula is C6H9N3O2. The Morgan fingerprint density at radius 3 is 3.18 bits per heavy atom. The summed E-state index contributed by atoms with van der Waals surface area (Å²) < 4.78 is 5.18. The number of hydrogen-bond donors (Lipinski definition) is 3. The third-order valence-corrected chi connectivity index (χ3v) is 1.60. The van der Waals surface area contributed by atoms with Crippen LogP contribution in [0, 0.1) is 0 Å². The number of anilines is 1. The molecule has 1 aromatic heterocycles. The fourth-order valence-corrected chi connectivity index (χ4v) is 1.10. The smallest absolute Gasteiger partial charge is 0.324 e. The number of hydrogen-bond acceptors (Lipinski definition) is 3. The minimum Gasteiger partial charge on any atom is -0.373 e. The Morgan fingerprint density at radius 2 is 2.27 bits per heavy atom. The normalized spacial score (nSPS) is 16.7. The van der Waals surface area contributed by atoms with Crippen LogP contribution in [-0.2, 0) is 11.3 Å². The molecule has 0 bridgehead atoms. The zero-order valence-corrected chi connectivity index (χ0v) is 5.94. The molecule has 1 aliphatic rings. The minimum absolute atomic E-state index is 0.187. The zero-order chi connectivity index (χ0) is 7.68.